The fourth-order valence-electron chi connectivity index (χ4n) is 3.65. The van der Waals surface area contributed by atoms with Gasteiger partial charge in [0.25, 0.3) is 0 Å². The molecule has 0 aromatic heterocycles. The summed E-state index contributed by atoms with van der Waals surface area (Å²) in [5.74, 6) is -0.653. The summed E-state index contributed by atoms with van der Waals surface area (Å²) in [6.07, 6.45) is 1.14. The number of urea groups is 1. The average molecular weight is 400 g/mol. The summed E-state index contributed by atoms with van der Waals surface area (Å²) in [6.45, 7) is 3.29. The van der Waals surface area contributed by atoms with Crippen molar-refractivity contribution in [1.29, 1.82) is 0 Å². The molecule has 0 spiro atoms. The van der Waals surface area contributed by atoms with Gasteiger partial charge in [-0.1, -0.05) is 19.1 Å². The number of carboxylic acid groups (broad SMARTS) is 1. The maximum Gasteiger partial charge on any atom is 0.317 e. The Balaban J connectivity index is 2.04. The van der Waals surface area contributed by atoms with Crippen molar-refractivity contribution < 1.29 is 23.8 Å². The third-order valence-corrected chi connectivity index (χ3v) is 5.08. The lowest BCUT2D eigenvalue weighted by molar-refractivity contribution is -0.136. The Hall–Kier alpha value is -3.09. The van der Waals surface area contributed by atoms with Crippen molar-refractivity contribution in [1.82, 2.24) is 10.2 Å². The average Bonchev–Trinajstić information content (AvgIpc) is 2.71. The van der Waals surface area contributed by atoms with Gasteiger partial charge in [0.15, 0.2) is 0 Å². The van der Waals surface area contributed by atoms with Crippen LogP contribution in [-0.4, -0.2) is 42.2 Å². The van der Waals surface area contributed by atoms with Gasteiger partial charge in [-0.25, -0.2) is 9.18 Å². The van der Waals surface area contributed by atoms with Crippen molar-refractivity contribution in [2.45, 2.75) is 32.7 Å². The molecular weight excluding hydrogens is 375 g/mol. The molecule has 0 bridgehead atoms. The molecule has 6 nitrogen and oxygen atoms in total. The van der Waals surface area contributed by atoms with Crippen molar-refractivity contribution >= 4 is 12.0 Å². The van der Waals surface area contributed by atoms with Crippen LogP contribution in [0.5, 0.6) is 5.75 Å². The minimum absolute atomic E-state index is 0.119. The van der Waals surface area contributed by atoms with Crippen LogP contribution in [0.1, 0.15) is 30.0 Å². The van der Waals surface area contributed by atoms with E-state index >= 15 is 0 Å². The Morgan fingerprint density at radius 3 is 2.69 bits per heavy atom. The molecule has 2 aromatic rings. The van der Waals surface area contributed by atoms with Crippen LogP contribution in [0.15, 0.2) is 30.3 Å². The zero-order chi connectivity index (χ0) is 21.0. The van der Waals surface area contributed by atoms with E-state index in [2.05, 4.69) is 5.32 Å². The molecular formula is C22H25FN2O4. The smallest absolute Gasteiger partial charge is 0.317 e. The zero-order valence-electron chi connectivity index (χ0n) is 16.6. The SMILES string of the molecule is CCCNC(=O)N1CCc2c(F)ccc(-c3cc(CC(=O)O)ccc3OC)c2C1. The first-order valence-electron chi connectivity index (χ1n) is 9.66. The molecule has 29 heavy (non-hydrogen) atoms. The van der Waals surface area contributed by atoms with E-state index in [1.165, 1.54) is 13.2 Å². The number of nitrogens with zero attached hydrogens (tertiary/aromatic N) is 1. The van der Waals surface area contributed by atoms with Gasteiger partial charge in [-0.15, -0.1) is 0 Å². The van der Waals surface area contributed by atoms with Crippen molar-refractivity contribution in [2.75, 3.05) is 20.2 Å². The molecule has 0 saturated heterocycles. The van der Waals surface area contributed by atoms with E-state index in [0.717, 1.165) is 17.5 Å². The third kappa shape index (κ3) is 4.50. The number of carbonyl (C=O) groups is 2. The van der Waals surface area contributed by atoms with Gasteiger partial charge in [0, 0.05) is 25.2 Å². The van der Waals surface area contributed by atoms with Crippen molar-refractivity contribution in [2.24, 2.45) is 0 Å². The van der Waals surface area contributed by atoms with E-state index in [4.69, 9.17) is 9.84 Å². The lowest BCUT2D eigenvalue weighted by Gasteiger charge is -2.31. The number of hydrogen-bond donors (Lipinski definition) is 2. The quantitative estimate of drug-likeness (QED) is 0.777. The van der Waals surface area contributed by atoms with Crippen molar-refractivity contribution in [3.05, 3.63) is 52.8 Å². The standard InChI is InChI=1S/C22H25FN2O4/c1-3-9-24-22(28)25-10-8-16-18(13-25)15(5-6-19(16)23)17-11-14(12-21(26)27)4-7-20(17)29-2/h4-7,11H,3,8-10,12-13H2,1-2H3,(H,24,28)(H,26,27). The van der Waals surface area contributed by atoms with Gasteiger partial charge in [0.2, 0.25) is 0 Å². The predicted molar refractivity (Wildman–Crippen MR) is 108 cm³/mol. The number of carboxylic acids is 1. The molecule has 2 N–H and O–H groups in total. The fraction of sp³-hybridized carbons (Fsp3) is 0.364. The second-order valence-corrected chi connectivity index (χ2v) is 7.06. The molecule has 0 saturated carbocycles. The highest BCUT2D eigenvalue weighted by molar-refractivity contribution is 5.79. The number of rotatable bonds is 6. The topological polar surface area (TPSA) is 78.9 Å². The molecule has 2 aromatic carbocycles. The van der Waals surface area contributed by atoms with Gasteiger partial charge in [0.1, 0.15) is 11.6 Å². The van der Waals surface area contributed by atoms with E-state index in [0.29, 0.717) is 42.0 Å². The van der Waals surface area contributed by atoms with E-state index in [1.807, 2.05) is 6.92 Å². The maximum atomic E-state index is 14.5. The second-order valence-electron chi connectivity index (χ2n) is 7.06. The Kier molecular flexibility index (Phi) is 6.36. The molecule has 3 rings (SSSR count). The fourth-order valence-corrected chi connectivity index (χ4v) is 3.65. The first-order chi connectivity index (χ1) is 13.9. The molecule has 0 fully saturated rings. The number of aliphatic carboxylic acids is 1. The molecule has 0 atom stereocenters. The van der Waals surface area contributed by atoms with Gasteiger partial charge in [0.05, 0.1) is 13.5 Å². The molecule has 0 aliphatic carbocycles. The van der Waals surface area contributed by atoms with Crippen LogP contribution in [0, 0.1) is 5.82 Å². The number of carbonyl (C=O) groups excluding carboxylic acids is 1. The Morgan fingerprint density at radius 2 is 2.00 bits per heavy atom. The molecule has 1 aliphatic rings. The number of fused-ring (bicyclic) bond motifs is 1. The second kappa shape index (κ2) is 8.94. The highest BCUT2D eigenvalue weighted by Crippen LogP contribution is 2.37. The van der Waals surface area contributed by atoms with Crippen LogP contribution in [0.4, 0.5) is 9.18 Å². The summed E-state index contributed by atoms with van der Waals surface area (Å²) in [7, 11) is 1.54. The lowest BCUT2D eigenvalue weighted by atomic mass is 9.89. The van der Waals surface area contributed by atoms with Gasteiger partial charge in [-0.3, -0.25) is 4.79 Å². The molecule has 0 unspecified atom stereocenters. The number of ether oxygens (including phenoxy) is 1. The summed E-state index contributed by atoms with van der Waals surface area (Å²) in [6, 6.07) is 8.11. The van der Waals surface area contributed by atoms with Gasteiger partial charge >= 0.3 is 12.0 Å². The lowest BCUT2D eigenvalue weighted by Crippen LogP contribution is -2.43. The van der Waals surface area contributed by atoms with Crippen molar-refractivity contribution in [3.63, 3.8) is 0 Å². The number of amides is 2. The molecule has 1 heterocycles. The highest BCUT2D eigenvalue weighted by atomic mass is 19.1. The Labute approximate surface area is 169 Å². The van der Waals surface area contributed by atoms with Gasteiger partial charge < -0.3 is 20.1 Å². The normalized spacial score (nSPS) is 13.0. The monoisotopic (exact) mass is 400 g/mol. The Bertz CT molecular complexity index is 929. The number of hydrogen-bond acceptors (Lipinski definition) is 3. The summed E-state index contributed by atoms with van der Waals surface area (Å²) >= 11 is 0. The first kappa shape index (κ1) is 20.6. The van der Waals surface area contributed by atoms with Crippen LogP contribution in [0.2, 0.25) is 0 Å². The first-order valence-corrected chi connectivity index (χ1v) is 9.66. The third-order valence-electron chi connectivity index (χ3n) is 5.08. The number of benzene rings is 2. The molecule has 154 valence electrons. The zero-order valence-corrected chi connectivity index (χ0v) is 16.6. The minimum Gasteiger partial charge on any atom is -0.496 e. The molecule has 7 heteroatoms. The number of methoxy groups -OCH3 is 1. The molecule has 0 radical (unpaired) electrons. The largest absolute Gasteiger partial charge is 0.496 e. The Morgan fingerprint density at radius 1 is 1.21 bits per heavy atom. The summed E-state index contributed by atoms with van der Waals surface area (Å²) in [5, 5.41) is 12.0. The minimum atomic E-state index is -0.930. The van der Waals surface area contributed by atoms with Crippen molar-refractivity contribution in [3.8, 4) is 16.9 Å². The van der Waals surface area contributed by atoms with Crippen LogP contribution in [0.25, 0.3) is 11.1 Å². The van der Waals surface area contributed by atoms with Gasteiger partial charge in [-0.05, 0) is 53.3 Å². The molecule has 2 amide bonds. The van der Waals surface area contributed by atoms with E-state index < -0.39 is 5.97 Å². The maximum absolute atomic E-state index is 14.5. The highest BCUT2D eigenvalue weighted by Gasteiger charge is 2.26. The van der Waals surface area contributed by atoms with E-state index in [9.17, 15) is 14.0 Å². The summed E-state index contributed by atoms with van der Waals surface area (Å²) in [4.78, 5) is 25.2. The molecule has 1 aliphatic heterocycles. The summed E-state index contributed by atoms with van der Waals surface area (Å²) < 4.78 is 20.0. The predicted octanol–water partition coefficient (Wildman–Crippen LogP) is 3.61. The van der Waals surface area contributed by atoms with Crippen LogP contribution >= 0.6 is 0 Å². The number of nitrogens with one attached hydrogen (secondary N) is 1. The van der Waals surface area contributed by atoms with Crippen LogP contribution in [-0.2, 0) is 24.2 Å². The van der Waals surface area contributed by atoms with E-state index in [1.54, 1.807) is 29.2 Å². The summed E-state index contributed by atoms with van der Waals surface area (Å²) in [5.41, 5.74) is 3.39. The van der Waals surface area contributed by atoms with Gasteiger partial charge in [-0.2, -0.15) is 0 Å². The van der Waals surface area contributed by atoms with Crippen LogP contribution < -0.4 is 10.1 Å². The van der Waals surface area contributed by atoms with E-state index in [-0.39, 0.29) is 24.8 Å². The number of halogens is 1. The van der Waals surface area contributed by atoms with Crippen LogP contribution in [0.3, 0.4) is 0 Å².